The lowest BCUT2D eigenvalue weighted by Gasteiger charge is -2.29. The van der Waals surface area contributed by atoms with Crippen molar-refractivity contribution in [3.05, 3.63) is 102 Å². The SMILES string of the molecule is CC(C)C[C@H](NC(=O)c1cc2ccccc2[nH]1)C(=O)N1C[C@]2(C[C@H]1C(=O)C(=O)NCc1ccccc1)C(=O)Nc1ccccc12. The van der Waals surface area contributed by atoms with E-state index >= 15 is 0 Å². The molecule has 2 aliphatic rings. The Morgan fingerprint density at radius 2 is 1.67 bits per heavy atom. The van der Waals surface area contributed by atoms with Crippen molar-refractivity contribution in [1.82, 2.24) is 20.5 Å². The van der Waals surface area contributed by atoms with E-state index in [0.29, 0.717) is 16.9 Å². The van der Waals surface area contributed by atoms with Gasteiger partial charge < -0.3 is 25.8 Å². The Kier molecular flexibility index (Phi) is 7.97. The number of hydrogen-bond acceptors (Lipinski definition) is 5. The number of nitrogens with zero attached hydrogens (tertiary/aromatic N) is 1. The summed E-state index contributed by atoms with van der Waals surface area (Å²) in [5, 5.41) is 9.29. The highest BCUT2D eigenvalue weighted by Crippen LogP contribution is 2.46. The van der Waals surface area contributed by atoms with Crippen LogP contribution in [0.4, 0.5) is 5.69 Å². The molecule has 230 valence electrons. The minimum Gasteiger partial charge on any atom is -0.351 e. The topological polar surface area (TPSA) is 140 Å². The number of aromatic nitrogens is 1. The number of ketones is 1. The molecule has 45 heavy (non-hydrogen) atoms. The molecule has 0 bridgehead atoms. The number of rotatable bonds is 9. The van der Waals surface area contributed by atoms with Crippen molar-refractivity contribution in [2.75, 3.05) is 11.9 Å². The molecular formula is C35H35N5O5. The second kappa shape index (κ2) is 12.0. The van der Waals surface area contributed by atoms with Gasteiger partial charge in [0.05, 0.1) is 5.41 Å². The van der Waals surface area contributed by atoms with Crippen LogP contribution in [0.25, 0.3) is 10.9 Å². The van der Waals surface area contributed by atoms with Crippen molar-refractivity contribution in [3.63, 3.8) is 0 Å². The van der Waals surface area contributed by atoms with Crippen LogP contribution in [0.2, 0.25) is 0 Å². The molecule has 10 nitrogen and oxygen atoms in total. The van der Waals surface area contributed by atoms with Gasteiger partial charge in [-0.05, 0) is 48.1 Å². The summed E-state index contributed by atoms with van der Waals surface area (Å²) in [6.07, 6.45) is 0.238. The van der Waals surface area contributed by atoms with Crippen LogP contribution < -0.4 is 16.0 Å². The summed E-state index contributed by atoms with van der Waals surface area (Å²) in [6, 6.07) is 23.4. The van der Waals surface area contributed by atoms with E-state index in [4.69, 9.17) is 0 Å². The van der Waals surface area contributed by atoms with Crippen LogP contribution in [-0.2, 0) is 31.1 Å². The molecule has 0 aliphatic carbocycles. The average molecular weight is 606 g/mol. The number of H-pyrrole nitrogens is 1. The highest BCUT2D eigenvalue weighted by molar-refractivity contribution is 6.38. The van der Waals surface area contributed by atoms with E-state index in [1.807, 2.05) is 74.5 Å². The van der Waals surface area contributed by atoms with Gasteiger partial charge in [-0.25, -0.2) is 0 Å². The standard InChI is InChI=1S/C35H35N5O5/c1-21(2)16-28(38-31(42)27-17-23-12-6-8-14-25(23)37-27)33(44)40-20-35(24-13-7-9-15-26(24)39-34(35)45)18-29(40)30(41)32(43)36-19-22-10-4-3-5-11-22/h3-15,17,21,28-29,37H,16,18-20H2,1-2H3,(H,36,43)(H,38,42)(H,39,45)/t28-,29-,35-/m0/s1. The van der Waals surface area contributed by atoms with Crippen molar-refractivity contribution >= 4 is 46.0 Å². The maximum atomic E-state index is 14.4. The van der Waals surface area contributed by atoms with Gasteiger partial charge in [0, 0.05) is 29.7 Å². The largest absolute Gasteiger partial charge is 0.351 e. The van der Waals surface area contributed by atoms with Gasteiger partial charge in [0.2, 0.25) is 17.6 Å². The number of hydrogen-bond donors (Lipinski definition) is 4. The zero-order valence-corrected chi connectivity index (χ0v) is 25.1. The number of carbonyl (C=O) groups is 5. The Morgan fingerprint density at radius 1 is 0.956 bits per heavy atom. The van der Waals surface area contributed by atoms with Crippen molar-refractivity contribution in [2.24, 2.45) is 5.92 Å². The number of para-hydroxylation sites is 2. The first kappa shape index (κ1) is 29.8. The fourth-order valence-electron chi connectivity index (χ4n) is 6.45. The Balaban J connectivity index is 1.30. The van der Waals surface area contributed by atoms with E-state index in [-0.39, 0.29) is 37.8 Å². The third-order valence-corrected chi connectivity index (χ3v) is 8.67. The molecular weight excluding hydrogens is 570 g/mol. The monoisotopic (exact) mass is 605 g/mol. The zero-order valence-electron chi connectivity index (χ0n) is 25.1. The van der Waals surface area contributed by atoms with Gasteiger partial charge in [0.15, 0.2) is 0 Å². The smallest absolute Gasteiger partial charge is 0.289 e. The molecule has 10 heteroatoms. The van der Waals surface area contributed by atoms with E-state index in [1.165, 1.54) is 4.90 Å². The van der Waals surface area contributed by atoms with Gasteiger partial charge in [-0.3, -0.25) is 24.0 Å². The van der Waals surface area contributed by atoms with E-state index in [2.05, 4.69) is 20.9 Å². The number of Topliss-reactive ketones (excluding diaryl/α,β-unsaturated/α-hetero) is 1. The van der Waals surface area contributed by atoms with E-state index in [0.717, 1.165) is 16.5 Å². The van der Waals surface area contributed by atoms with Crippen molar-refractivity contribution in [2.45, 2.75) is 50.7 Å². The summed E-state index contributed by atoms with van der Waals surface area (Å²) in [7, 11) is 0. The Morgan fingerprint density at radius 3 is 2.42 bits per heavy atom. The maximum Gasteiger partial charge on any atom is 0.289 e. The molecule has 3 heterocycles. The molecule has 4 N–H and O–H groups in total. The first-order chi connectivity index (χ1) is 21.7. The van der Waals surface area contributed by atoms with E-state index < -0.39 is 41.0 Å². The number of fused-ring (bicyclic) bond motifs is 3. The molecule has 0 saturated carbocycles. The van der Waals surface area contributed by atoms with Crippen LogP contribution in [0.1, 0.15) is 48.3 Å². The molecule has 1 spiro atoms. The first-order valence-corrected chi connectivity index (χ1v) is 15.1. The second-order valence-corrected chi connectivity index (χ2v) is 12.2. The zero-order chi connectivity index (χ0) is 31.7. The summed E-state index contributed by atoms with van der Waals surface area (Å²) in [6.45, 7) is 3.90. The van der Waals surface area contributed by atoms with Crippen molar-refractivity contribution in [3.8, 4) is 0 Å². The highest BCUT2D eigenvalue weighted by atomic mass is 16.2. The quantitative estimate of drug-likeness (QED) is 0.216. The third-order valence-electron chi connectivity index (χ3n) is 8.67. The summed E-state index contributed by atoms with van der Waals surface area (Å²) in [5.74, 6) is -2.95. The molecule has 4 amide bonds. The van der Waals surface area contributed by atoms with Gasteiger partial charge in [-0.2, -0.15) is 0 Å². The van der Waals surface area contributed by atoms with Gasteiger partial charge in [0.25, 0.3) is 11.8 Å². The number of carbonyl (C=O) groups excluding carboxylic acids is 5. The number of anilines is 1. The van der Waals surface area contributed by atoms with Gasteiger partial charge >= 0.3 is 0 Å². The fraction of sp³-hybridized carbons (Fsp3) is 0.286. The number of benzene rings is 3. The summed E-state index contributed by atoms with van der Waals surface area (Å²) < 4.78 is 0. The van der Waals surface area contributed by atoms with Crippen LogP contribution in [-0.4, -0.2) is 57.9 Å². The number of nitrogens with one attached hydrogen (secondary N) is 4. The summed E-state index contributed by atoms with van der Waals surface area (Å²) >= 11 is 0. The Labute approximate surface area is 260 Å². The molecule has 1 fully saturated rings. The van der Waals surface area contributed by atoms with Crippen molar-refractivity contribution in [1.29, 1.82) is 0 Å². The average Bonchev–Trinajstić information content (AvgIpc) is 3.73. The predicted molar refractivity (Wildman–Crippen MR) is 169 cm³/mol. The minimum atomic E-state index is -1.21. The van der Waals surface area contributed by atoms with Crippen LogP contribution in [0.15, 0.2) is 84.9 Å². The molecule has 1 aromatic heterocycles. The molecule has 0 radical (unpaired) electrons. The first-order valence-electron chi connectivity index (χ1n) is 15.1. The molecule has 6 rings (SSSR count). The Bertz CT molecular complexity index is 1770. The number of amides is 4. The fourth-order valence-corrected chi connectivity index (χ4v) is 6.45. The summed E-state index contributed by atoms with van der Waals surface area (Å²) in [5.41, 5.74) is 1.98. The van der Waals surface area contributed by atoms with Crippen LogP contribution in [0.3, 0.4) is 0 Å². The lowest BCUT2D eigenvalue weighted by Crippen LogP contribution is -2.54. The lowest BCUT2D eigenvalue weighted by atomic mass is 9.79. The molecule has 4 aromatic rings. The third kappa shape index (κ3) is 5.71. The molecule has 0 unspecified atom stereocenters. The van der Waals surface area contributed by atoms with Gasteiger partial charge in [-0.15, -0.1) is 0 Å². The predicted octanol–water partition coefficient (Wildman–Crippen LogP) is 3.69. The van der Waals surface area contributed by atoms with E-state index in [9.17, 15) is 24.0 Å². The normalized spacial score (nSPS) is 19.4. The van der Waals surface area contributed by atoms with E-state index in [1.54, 1.807) is 24.3 Å². The van der Waals surface area contributed by atoms with Gasteiger partial charge in [0.1, 0.15) is 17.8 Å². The maximum absolute atomic E-state index is 14.4. The lowest BCUT2D eigenvalue weighted by molar-refractivity contribution is -0.145. The van der Waals surface area contributed by atoms with Crippen LogP contribution in [0, 0.1) is 5.92 Å². The van der Waals surface area contributed by atoms with Crippen LogP contribution in [0.5, 0.6) is 0 Å². The highest BCUT2D eigenvalue weighted by Gasteiger charge is 2.58. The second-order valence-electron chi connectivity index (χ2n) is 12.2. The van der Waals surface area contributed by atoms with Gasteiger partial charge in [-0.1, -0.05) is 80.6 Å². The molecule has 2 aliphatic heterocycles. The molecule has 3 atom stereocenters. The van der Waals surface area contributed by atoms with Crippen LogP contribution >= 0.6 is 0 Å². The van der Waals surface area contributed by atoms with Crippen molar-refractivity contribution < 1.29 is 24.0 Å². The Hall–Kier alpha value is -5.25. The number of likely N-dealkylation sites (tertiary alicyclic amines) is 1. The molecule has 3 aromatic carbocycles. The minimum absolute atomic E-state index is 0.0114. The molecule has 1 saturated heterocycles. The summed E-state index contributed by atoms with van der Waals surface area (Å²) in [4.78, 5) is 72.8. The number of aromatic amines is 1.